The molecule has 4 heterocycles. The molecule has 0 aromatic heterocycles. The van der Waals surface area contributed by atoms with Crippen LogP contribution in [0.3, 0.4) is 0 Å². The number of carbonyl (C=O) groups excluding carboxylic acids is 2. The van der Waals surface area contributed by atoms with Gasteiger partial charge in [-0.3, -0.25) is 25.1 Å². The highest BCUT2D eigenvalue weighted by molar-refractivity contribution is 8.01. The number of benzene rings is 1. The number of hydrogen-bond acceptors (Lipinski definition) is 9. The molecule has 0 bridgehead atoms. The molecule has 1 saturated carbocycles. The van der Waals surface area contributed by atoms with E-state index in [-0.39, 0.29) is 42.3 Å². The fourth-order valence-electron chi connectivity index (χ4n) is 7.50. The molecule has 1 aromatic rings. The summed E-state index contributed by atoms with van der Waals surface area (Å²) in [6, 6.07) is 7.98. The van der Waals surface area contributed by atoms with Crippen LogP contribution in [0.25, 0.3) is 0 Å². The number of Topliss-reactive ketones (excluding diaryl/α,β-unsaturated/α-hetero) is 1. The molecule has 9 nitrogen and oxygen atoms in total. The topological polar surface area (TPSA) is 101 Å². The van der Waals surface area contributed by atoms with Gasteiger partial charge in [-0.25, -0.2) is 0 Å². The summed E-state index contributed by atoms with van der Waals surface area (Å²) >= 11 is 8.00. The van der Waals surface area contributed by atoms with Crippen molar-refractivity contribution in [3.05, 3.63) is 41.4 Å². The molecule has 0 radical (unpaired) electrons. The highest BCUT2D eigenvalue weighted by atomic mass is 35.5. The largest absolute Gasteiger partial charge is 0.348 e. The molecule has 11 heteroatoms. The highest BCUT2D eigenvalue weighted by Gasteiger charge is 2.56. The lowest BCUT2D eigenvalue weighted by Crippen LogP contribution is -2.75. The number of carbonyl (C=O) groups is 2. The van der Waals surface area contributed by atoms with Gasteiger partial charge in [0.05, 0.1) is 42.1 Å². The van der Waals surface area contributed by atoms with Crippen LogP contribution in [0.2, 0.25) is 5.02 Å². The summed E-state index contributed by atoms with van der Waals surface area (Å²) in [6.07, 6.45) is 5.63. The van der Waals surface area contributed by atoms with Gasteiger partial charge in [-0.05, 0) is 75.5 Å². The van der Waals surface area contributed by atoms with Crippen molar-refractivity contribution in [1.82, 2.24) is 25.3 Å². The van der Waals surface area contributed by atoms with Crippen LogP contribution in [0.5, 0.6) is 0 Å². The van der Waals surface area contributed by atoms with Gasteiger partial charge in [0, 0.05) is 41.5 Å². The first-order chi connectivity index (χ1) is 19.8. The van der Waals surface area contributed by atoms with Crippen LogP contribution in [0.4, 0.5) is 0 Å². The molecule has 41 heavy (non-hydrogen) atoms. The van der Waals surface area contributed by atoms with Crippen LogP contribution in [0.1, 0.15) is 37.7 Å². The molecule has 3 saturated heterocycles. The van der Waals surface area contributed by atoms with Gasteiger partial charge < -0.3 is 14.5 Å². The zero-order chi connectivity index (χ0) is 28.7. The highest BCUT2D eigenvalue weighted by Crippen LogP contribution is 2.53. The number of rotatable bonds is 6. The molecular weight excluding hydrogens is 560 g/mol. The first kappa shape index (κ1) is 29.1. The first-order valence-corrected chi connectivity index (χ1v) is 15.9. The van der Waals surface area contributed by atoms with Gasteiger partial charge in [-0.15, -0.1) is 11.8 Å². The molecular formula is C30H39ClN6O3S. The molecule has 1 amide bonds. The normalized spacial score (nSPS) is 35.7. The van der Waals surface area contributed by atoms with E-state index in [4.69, 9.17) is 16.3 Å². The minimum absolute atomic E-state index is 0.0411. The Balaban J connectivity index is 1.24. The summed E-state index contributed by atoms with van der Waals surface area (Å²) in [5.74, 6) is 0.133. The summed E-state index contributed by atoms with van der Waals surface area (Å²) in [5, 5.41) is 17.5. The second kappa shape index (κ2) is 12.0. The lowest BCUT2D eigenvalue weighted by molar-refractivity contribution is -0.144. The predicted octanol–water partition coefficient (Wildman–Crippen LogP) is 2.60. The average Bonchev–Trinajstić information content (AvgIpc) is 3.56. The van der Waals surface area contributed by atoms with Crippen molar-refractivity contribution < 1.29 is 14.3 Å². The van der Waals surface area contributed by atoms with Gasteiger partial charge in [0.25, 0.3) is 0 Å². The number of likely N-dealkylation sites (tertiary alicyclic amines) is 1. The third-order valence-electron chi connectivity index (χ3n) is 9.72. The number of nitrogens with zero attached hydrogens (tertiary/aromatic N) is 4. The number of nitrogens with one attached hydrogen (secondary N) is 2. The van der Waals surface area contributed by atoms with E-state index in [2.05, 4.69) is 40.1 Å². The third kappa shape index (κ3) is 5.58. The van der Waals surface area contributed by atoms with Crippen molar-refractivity contribution in [2.75, 3.05) is 39.8 Å². The predicted molar refractivity (Wildman–Crippen MR) is 158 cm³/mol. The average molecular weight is 599 g/mol. The number of ketones is 1. The van der Waals surface area contributed by atoms with Gasteiger partial charge in [0.1, 0.15) is 0 Å². The second-order valence-corrected chi connectivity index (χ2v) is 13.9. The molecule has 7 atom stereocenters. The Morgan fingerprint density at radius 1 is 1.29 bits per heavy atom. The van der Waals surface area contributed by atoms with Gasteiger partial charge in [0.15, 0.2) is 12.1 Å². The Hall–Kier alpha value is -1.97. The SMILES string of the molecule is C=CC(=O)N1CCN(C2NC(OCC3CCCN3C)NC3C(=O)[C@]4(CCC32)Cc2cc(Cl)ccc2S4)CC1CC#N. The van der Waals surface area contributed by atoms with E-state index in [1.807, 2.05) is 18.2 Å². The van der Waals surface area contributed by atoms with Gasteiger partial charge in [-0.1, -0.05) is 18.2 Å². The number of piperazine rings is 1. The lowest BCUT2D eigenvalue weighted by atomic mass is 9.72. The standard InChI is InChI=1S/C30H39ClN6O3S/c1-3-25(38)37-14-13-36(17-21(37)9-11-32)28-23-8-10-30(16-19-15-20(31)6-7-24(19)41-30)27(39)26(23)33-29(34-28)40-18-22-5-4-12-35(22)2/h3,6-7,15,21-23,26,28-29,33-34H,1,4-5,8-10,12-14,16-18H2,2H3/t21?,22?,23?,26?,28?,29?,30-/m0/s1. The molecule has 1 spiro atoms. The van der Waals surface area contributed by atoms with Crippen molar-refractivity contribution in [2.24, 2.45) is 5.92 Å². The molecule has 4 aliphatic heterocycles. The first-order valence-electron chi connectivity index (χ1n) is 14.7. The van der Waals surface area contributed by atoms with E-state index in [0.29, 0.717) is 43.7 Å². The van der Waals surface area contributed by atoms with Gasteiger partial charge in [0.2, 0.25) is 5.91 Å². The zero-order valence-corrected chi connectivity index (χ0v) is 25.1. The minimum Gasteiger partial charge on any atom is -0.348 e. The monoisotopic (exact) mass is 598 g/mol. The molecule has 4 fully saturated rings. The van der Waals surface area contributed by atoms with Gasteiger partial charge >= 0.3 is 0 Å². The van der Waals surface area contributed by atoms with E-state index in [9.17, 15) is 14.9 Å². The molecule has 2 N–H and O–H groups in total. The molecule has 6 rings (SSSR count). The Bertz CT molecular complexity index is 1240. The van der Waals surface area contributed by atoms with Crippen molar-refractivity contribution in [3.8, 4) is 6.07 Å². The summed E-state index contributed by atoms with van der Waals surface area (Å²) < 4.78 is 5.94. The zero-order valence-electron chi connectivity index (χ0n) is 23.6. The van der Waals surface area contributed by atoms with Gasteiger partial charge in [-0.2, -0.15) is 5.26 Å². The smallest absolute Gasteiger partial charge is 0.246 e. The van der Waals surface area contributed by atoms with Crippen LogP contribution in [0.15, 0.2) is 35.7 Å². The second-order valence-electron chi connectivity index (χ2n) is 12.1. The van der Waals surface area contributed by atoms with E-state index < -0.39 is 11.1 Å². The van der Waals surface area contributed by atoms with Crippen LogP contribution >= 0.6 is 23.4 Å². The molecule has 1 aliphatic carbocycles. The number of amides is 1. The van der Waals surface area contributed by atoms with Crippen molar-refractivity contribution in [2.45, 2.75) is 78.8 Å². The van der Waals surface area contributed by atoms with E-state index >= 15 is 0 Å². The maximum atomic E-state index is 14.4. The van der Waals surface area contributed by atoms with Crippen LogP contribution in [0, 0.1) is 17.2 Å². The Labute approximate surface area is 251 Å². The quantitative estimate of drug-likeness (QED) is 0.479. The summed E-state index contributed by atoms with van der Waals surface area (Å²) in [5.41, 5.74) is 1.15. The van der Waals surface area contributed by atoms with Crippen LogP contribution < -0.4 is 10.6 Å². The number of fused-ring (bicyclic) bond motifs is 2. The number of likely N-dealkylation sites (N-methyl/N-ethyl adjacent to an activating group) is 1. The van der Waals surface area contributed by atoms with Crippen LogP contribution in [-0.4, -0.2) is 102 Å². The lowest BCUT2D eigenvalue weighted by Gasteiger charge is -2.54. The fraction of sp³-hybridized carbons (Fsp3) is 0.633. The van der Waals surface area contributed by atoms with E-state index in [1.54, 1.807) is 16.7 Å². The number of halogens is 1. The summed E-state index contributed by atoms with van der Waals surface area (Å²) in [7, 11) is 2.14. The van der Waals surface area contributed by atoms with E-state index in [0.717, 1.165) is 36.3 Å². The van der Waals surface area contributed by atoms with Crippen molar-refractivity contribution in [3.63, 3.8) is 0 Å². The summed E-state index contributed by atoms with van der Waals surface area (Å²) in [4.78, 5) is 34.5. The molecule has 220 valence electrons. The van der Waals surface area contributed by atoms with Crippen molar-refractivity contribution in [1.29, 1.82) is 5.26 Å². The third-order valence-corrected chi connectivity index (χ3v) is 11.5. The van der Waals surface area contributed by atoms with Crippen LogP contribution in [-0.2, 0) is 20.7 Å². The maximum absolute atomic E-state index is 14.4. The fourth-order valence-corrected chi connectivity index (χ4v) is 9.19. The minimum atomic E-state index is -0.502. The molecule has 5 aliphatic rings. The molecule has 6 unspecified atom stereocenters. The van der Waals surface area contributed by atoms with Crippen molar-refractivity contribution >= 4 is 35.1 Å². The summed E-state index contributed by atoms with van der Waals surface area (Å²) in [6.45, 7) is 7.03. The number of thioether (sulfide) groups is 1. The number of hydrogen-bond donors (Lipinski definition) is 2. The molecule has 1 aromatic carbocycles. The number of ether oxygens (including phenoxy) is 1. The number of nitriles is 1. The van der Waals surface area contributed by atoms with E-state index in [1.165, 1.54) is 12.5 Å². The Kier molecular flexibility index (Phi) is 8.49. The maximum Gasteiger partial charge on any atom is 0.246 e. The Morgan fingerprint density at radius 2 is 2.15 bits per heavy atom. The Morgan fingerprint density at radius 3 is 2.90 bits per heavy atom.